The Balaban J connectivity index is 2.33. The molecule has 108 valence electrons. The van der Waals surface area contributed by atoms with E-state index in [4.69, 9.17) is 4.74 Å². The minimum absolute atomic E-state index is 0.142. The molecule has 1 N–H and O–H groups in total. The molecule has 2 nitrogen and oxygen atoms in total. The fourth-order valence-corrected chi connectivity index (χ4v) is 2.15. The summed E-state index contributed by atoms with van der Waals surface area (Å²) in [5, 5.41) is 3.18. The lowest BCUT2D eigenvalue weighted by Crippen LogP contribution is -2.13. The van der Waals surface area contributed by atoms with Crippen LogP contribution in [0.3, 0.4) is 0 Å². The van der Waals surface area contributed by atoms with Gasteiger partial charge in [0.1, 0.15) is 5.75 Å². The maximum absolute atomic E-state index is 5.95. The molecular weight excluding hydrogens is 234 g/mol. The summed E-state index contributed by atoms with van der Waals surface area (Å²) >= 11 is 0. The third-order valence-electron chi connectivity index (χ3n) is 3.27. The van der Waals surface area contributed by atoms with E-state index in [2.05, 4.69) is 50.4 Å². The lowest BCUT2D eigenvalue weighted by atomic mass is 9.86. The number of para-hydroxylation sites is 1. The van der Waals surface area contributed by atoms with Crippen molar-refractivity contribution in [1.29, 1.82) is 0 Å². The molecule has 0 saturated heterocycles. The zero-order chi connectivity index (χ0) is 14.1. The van der Waals surface area contributed by atoms with Crippen molar-refractivity contribution < 1.29 is 4.74 Å². The van der Waals surface area contributed by atoms with Gasteiger partial charge in [-0.1, -0.05) is 51.8 Å². The lowest BCUT2D eigenvalue weighted by molar-refractivity contribution is 0.297. The average Bonchev–Trinajstić information content (AvgIpc) is 2.37. The van der Waals surface area contributed by atoms with E-state index >= 15 is 0 Å². The average molecular weight is 263 g/mol. The molecule has 0 radical (unpaired) electrons. The number of ether oxygens (including phenoxy) is 1. The van der Waals surface area contributed by atoms with Gasteiger partial charge in [0.05, 0.1) is 6.61 Å². The van der Waals surface area contributed by atoms with E-state index in [1.807, 2.05) is 7.05 Å². The number of benzene rings is 1. The lowest BCUT2D eigenvalue weighted by Gasteiger charge is -2.22. The Morgan fingerprint density at radius 1 is 1.00 bits per heavy atom. The van der Waals surface area contributed by atoms with Crippen molar-refractivity contribution >= 4 is 0 Å². The molecule has 1 rings (SSSR count). The molecule has 0 atom stereocenters. The van der Waals surface area contributed by atoms with Crippen molar-refractivity contribution in [2.24, 2.45) is 0 Å². The number of hydrogen-bond donors (Lipinski definition) is 1. The van der Waals surface area contributed by atoms with Crippen molar-refractivity contribution in [3.63, 3.8) is 0 Å². The standard InChI is InChI=1S/C17H29NO/c1-17(2,3)15-11-7-8-12-16(15)19-14-10-6-5-9-13-18-4/h7-8,11-12,18H,5-6,9-10,13-14H2,1-4H3. The van der Waals surface area contributed by atoms with Crippen LogP contribution in [0.5, 0.6) is 5.75 Å². The highest BCUT2D eigenvalue weighted by molar-refractivity contribution is 5.38. The van der Waals surface area contributed by atoms with Crippen LogP contribution < -0.4 is 10.1 Å². The van der Waals surface area contributed by atoms with Gasteiger partial charge in [0.2, 0.25) is 0 Å². The van der Waals surface area contributed by atoms with E-state index in [9.17, 15) is 0 Å². The van der Waals surface area contributed by atoms with Crippen LogP contribution in [-0.2, 0) is 5.41 Å². The Bertz CT molecular complexity index is 355. The van der Waals surface area contributed by atoms with Gasteiger partial charge in [-0.05, 0) is 43.5 Å². The summed E-state index contributed by atoms with van der Waals surface area (Å²) in [4.78, 5) is 0. The monoisotopic (exact) mass is 263 g/mol. The van der Waals surface area contributed by atoms with Gasteiger partial charge < -0.3 is 10.1 Å². The molecule has 0 amide bonds. The second-order valence-electron chi connectivity index (χ2n) is 6.11. The molecule has 1 aromatic carbocycles. The van der Waals surface area contributed by atoms with Crippen molar-refractivity contribution in [1.82, 2.24) is 5.32 Å². The summed E-state index contributed by atoms with van der Waals surface area (Å²) in [6.07, 6.45) is 4.93. The first-order chi connectivity index (χ1) is 9.05. The topological polar surface area (TPSA) is 21.3 Å². The first-order valence-corrected chi connectivity index (χ1v) is 7.42. The Kier molecular flexibility index (Phi) is 6.93. The molecule has 0 aromatic heterocycles. The molecule has 0 bridgehead atoms. The van der Waals surface area contributed by atoms with Gasteiger partial charge >= 0.3 is 0 Å². The molecule has 0 aliphatic heterocycles. The van der Waals surface area contributed by atoms with E-state index in [0.717, 1.165) is 25.3 Å². The molecular formula is C17H29NO. The molecule has 0 saturated carbocycles. The highest BCUT2D eigenvalue weighted by Crippen LogP contribution is 2.30. The van der Waals surface area contributed by atoms with Gasteiger partial charge in [-0.15, -0.1) is 0 Å². The third kappa shape index (κ3) is 6.11. The highest BCUT2D eigenvalue weighted by atomic mass is 16.5. The van der Waals surface area contributed by atoms with Gasteiger partial charge in [0, 0.05) is 0 Å². The number of hydrogen-bond acceptors (Lipinski definition) is 2. The van der Waals surface area contributed by atoms with Crippen LogP contribution in [0.2, 0.25) is 0 Å². The van der Waals surface area contributed by atoms with Crippen molar-refractivity contribution in [3.05, 3.63) is 29.8 Å². The predicted molar refractivity (Wildman–Crippen MR) is 83.0 cm³/mol. The van der Waals surface area contributed by atoms with Crippen LogP contribution in [0.4, 0.5) is 0 Å². The minimum Gasteiger partial charge on any atom is -0.493 e. The molecule has 0 heterocycles. The second-order valence-corrected chi connectivity index (χ2v) is 6.11. The fourth-order valence-electron chi connectivity index (χ4n) is 2.15. The van der Waals surface area contributed by atoms with Crippen LogP contribution >= 0.6 is 0 Å². The van der Waals surface area contributed by atoms with Gasteiger partial charge in [-0.25, -0.2) is 0 Å². The number of unbranched alkanes of at least 4 members (excludes halogenated alkanes) is 3. The van der Waals surface area contributed by atoms with Gasteiger partial charge in [0.15, 0.2) is 0 Å². The maximum atomic E-state index is 5.95. The minimum atomic E-state index is 0.142. The van der Waals surface area contributed by atoms with Crippen molar-refractivity contribution in [3.8, 4) is 5.75 Å². The van der Waals surface area contributed by atoms with Crippen LogP contribution in [-0.4, -0.2) is 20.2 Å². The molecule has 19 heavy (non-hydrogen) atoms. The van der Waals surface area contributed by atoms with E-state index in [1.165, 1.54) is 24.8 Å². The fraction of sp³-hybridized carbons (Fsp3) is 0.647. The van der Waals surface area contributed by atoms with E-state index in [1.54, 1.807) is 0 Å². The van der Waals surface area contributed by atoms with Crippen molar-refractivity contribution in [2.45, 2.75) is 51.9 Å². The third-order valence-corrected chi connectivity index (χ3v) is 3.27. The molecule has 0 aliphatic carbocycles. The molecule has 0 spiro atoms. The normalized spacial score (nSPS) is 11.6. The first kappa shape index (κ1) is 16.0. The quantitative estimate of drug-likeness (QED) is 0.712. The summed E-state index contributed by atoms with van der Waals surface area (Å²) in [6, 6.07) is 8.40. The Morgan fingerprint density at radius 3 is 2.37 bits per heavy atom. The van der Waals surface area contributed by atoms with Gasteiger partial charge in [-0.3, -0.25) is 0 Å². The summed E-state index contributed by atoms with van der Waals surface area (Å²) in [5.74, 6) is 1.05. The molecule has 0 unspecified atom stereocenters. The number of nitrogens with one attached hydrogen (secondary N) is 1. The van der Waals surface area contributed by atoms with Gasteiger partial charge in [-0.2, -0.15) is 0 Å². The summed E-state index contributed by atoms with van der Waals surface area (Å²) in [6.45, 7) is 8.63. The van der Waals surface area contributed by atoms with Crippen LogP contribution in [0, 0.1) is 0 Å². The van der Waals surface area contributed by atoms with Gasteiger partial charge in [0.25, 0.3) is 0 Å². The molecule has 0 aliphatic rings. The molecule has 2 heteroatoms. The SMILES string of the molecule is CNCCCCCCOc1ccccc1C(C)(C)C. The van der Waals surface area contributed by atoms with Crippen molar-refractivity contribution in [2.75, 3.05) is 20.2 Å². The summed E-state index contributed by atoms with van der Waals surface area (Å²) in [7, 11) is 2.01. The van der Waals surface area contributed by atoms with E-state index < -0.39 is 0 Å². The number of rotatable bonds is 8. The predicted octanol–water partition coefficient (Wildman–Crippen LogP) is 4.14. The van der Waals surface area contributed by atoms with Crippen LogP contribution in [0.25, 0.3) is 0 Å². The second kappa shape index (κ2) is 8.21. The van der Waals surface area contributed by atoms with E-state index in [-0.39, 0.29) is 5.41 Å². The van der Waals surface area contributed by atoms with Crippen LogP contribution in [0.1, 0.15) is 52.0 Å². The maximum Gasteiger partial charge on any atom is 0.123 e. The zero-order valence-electron chi connectivity index (χ0n) is 13.0. The first-order valence-electron chi connectivity index (χ1n) is 7.42. The highest BCUT2D eigenvalue weighted by Gasteiger charge is 2.17. The van der Waals surface area contributed by atoms with Crippen LogP contribution in [0.15, 0.2) is 24.3 Å². The smallest absolute Gasteiger partial charge is 0.123 e. The zero-order valence-corrected chi connectivity index (χ0v) is 13.0. The van der Waals surface area contributed by atoms with E-state index in [0.29, 0.717) is 0 Å². The Morgan fingerprint density at radius 2 is 1.68 bits per heavy atom. The summed E-state index contributed by atoms with van der Waals surface area (Å²) < 4.78 is 5.95. The Hall–Kier alpha value is -1.02. The Labute approximate surface area is 118 Å². The summed E-state index contributed by atoms with van der Waals surface area (Å²) in [5.41, 5.74) is 1.44. The molecule has 0 fully saturated rings. The largest absolute Gasteiger partial charge is 0.493 e. The molecule has 1 aromatic rings.